The van der Waals surface area contributed by atoms with Gasteiger partial charge in [-0.05, 0) is 67.8 Å². The van der Waals surface area contributed by atoms with E-state index in [0.29, 0.717) is 12.3 Å². The fourth-order valence-electron chi connectivity index (χ4n) is 12.5. The number of esters is 1. The highest BCUT2D eigenvalue weighted by Crippen LogP contribution is 2.68. The third kappa shape index (κ3) is 4.68. The van der Waals surface area contributed by atoms with Gasteiger partial charge in [0.05, 0.1) is 13.2 Å². The molecular weight excluding hydrogens is 679 g/mol. The molecule has 2 aromatic carbocycles. The summed E-state index contributed by atoms with van der Waals surface area (Å²) in [5.41, 5.74) is 5.01. The quantitative estimate of drug-likeness (QED) is 0.239. The SMILES string of the molecule is CCC1=CC2CC(c3cc4c(cc3OC)N(C)C3C(O)(C(=O)NC)C(OC(C)=O)C5(CC)C=CCN6CCC43C65)c3[nH]c4ccccc4c3CCN(C1)C2. The number of H-pyrrole nitrogens is 1. The monoisotopic (exact) mass is 733 g/mol. The summed E-state index contributed by atoms with van der Waals surface area (Å²) < 4.78 is 12.6. The number of fused-ring (bicyclic) bond motifs is 6. The number of ether oxygens (including phenoxy) is 2. The largest absolute Gasteiger partial charge is 0.496 e. The highest BCUT2D eigenvalue weighted by atomic mass is 16.6. The average Bonchev–Trinajstić information content (AvgIpc) is 3.84. The molecule has 3 aromatic rings. The second-order valence-corrected chi connectivity index (χ2v) is 16.8. The lowest BCUT2D eigenvalue weighted by Gasteiger charge is -2.63. The number of methoxy groups -OCH3 is 1. The lowest BCUT2D eigenvalue weighted by Crippen LogP contribution is -2.82. The van der Waals surface area contributed by atoms with Gasteiger partial charge in [0.25, 0.3) is 5.91 Å². The first-order chi connectivity index (χ1) is 26.0. The first kappa shape index (κ1) is 35.6. The van der Waals surface area contributed by atoms with E-state index < -0.39 is 40.5 Å². The molecule has 2 bridgehead atoms. The smallest absolute Gasteiger partial charge is 0.303 e. The fourth-order valence-corrected chi connectivity index (χ4v) is 12.5. The standard InChI is InChI=1S/C44H55N5O5/c1-7-27-20-28-21-32(37-30(14-18-48(24-27)25-28)29-12-9-10-13-34(29)46-37)31-22-33-35(23-36(31)53-6)47(5)39-43(33)16-19-49-17-11-15-42(8-2,38(43)49)40(54-26(3)50)44(39,52)41(51)45-4/h9-13,15,20,22-23,28,32,38-40,46,52H,7-8,14,16-19,21,24-25H2,1-6H3,(H,45,51). The third-order valence-electron chi connectivity index (χ3n) is 14.5. The lowest BCUT2D eigenvalue weighted by atomic mass is 9.47. The molecule has 6 aliphatic rings. The molecule has 9 rings (SSSR count). The molecule has 2 fully saturated rings. The number of aliphatic hydroxyl groups is 1. The second-order valence-electron chi connectivity index (χ2n) is 16.8. The number of amides is 1. The van der Waals surface area contributed by atoms with Crippen molar-refractivity contribution in [1.82, 2.24) is 20.1 Å². The summed E-state index contributed by atoms with van der Waals surface area (Å²) in [6, 6.07) is 12.4. The van der Waals surface area contributed by atoms with Crippen molar-refractivity contribution in [3.63, 3.8) is 0 Å². The first-order valence-corrected chi connectivity index (χ1v) is 20.1. The molecule has 6 heterocycles. The summed E-state index contributed by atoms with van der Waals surface area (Å²) in [4.78, 5) is 38.5. The number of benzene rings is 2. The van der Waals surface area contributed by atoms with Crippen LogP contribution >= 0.6 is 0 Å². The fraction of sp³-hybridized carbons (Fsp3) is 0.545. The van der Waals surface area contributed by atoms with Crippen LogP contribution in [0.15, 0.2) is 60.2 Å². The average molecular weight is 734 g/mol. The number of carbonyl (C=O) groups excluding carboxylic acids is 2. The van der Waals surface area contributed by atoms with Crippen LogP contribution in [0.25, 0.3) is 10.9 Å². The van der Waals surface area contributed by atoms with Gasteiger partial charge in [-0.1, -0.05) is 55.8 Å². The molecule has 1 aliphatic carbocycles. The van der Waals surface area contributed by atoms with E-state index in [1.54, 1.807) is 14.2 Å². The maximum atomic E-state index is 14.4. The van der Waals surface area contributed by atoms with Crippen molar-refractivity contribution in [2.75, 3.05) is 58.8 Å². The van der Waals surface area contributed by atoms with Gasteiger partial charge >= 0.3 is 5.97 Å². The van der Waals surface area contributed by atoms with Crippen molar-refractivity contribution in [2.24, 2.45) is 11.3 Å². The van der Waals surface area contributed by atoms with Crippen LogP contribution in [0.5, 0.6) is 5.75 Å². The second kappa shape index (κ2) is 12.7. The minimum absolute atomic E-state index is 0.0145. The summed E-state index contributed by atoms with van der Waals surface area (Å²) in [7, 11) is 5.30. The predicted molar refractivity (Wildman–Crippen MR) is 210 cm³/mol. The maximum Gasteiger partial charge on any atom is 0.303 e. The van der Waals surface area contributed by atoms with E-state index in [2.05, 4.69) is 93.5 Å². The van der Waals surface area contributed by atoms with E-state index in [0.717, 1.165) is 86.5 Å². The van der Waals surface area contributed by atoms with Crippen molar-refractivity contribution in [3.05, 3.63) is 82.6 Å². The number of hydrogen-bond acceptors (Lipinski definition) is 8. The van der Waals surface area contributed by atoms with E-state index in [9.17, 15) is 14.7 Å². The Kier molecular flexibility index (Phi) is 8.38. The number of rotatable bonds is 6. The Labute approximate surface area is 318 Å². The molecule has 1 aromatic heterocycles. The van der Waals surface area contributed by atoms with E-state index in [1.807, 2.05) is 7.05 Å². The Bertz CT molecular complexity index is 2090. The van der Waals surface area contributed by atoms with Crippen molar-refractivity contribution >= 4 is 28.5 Å². The molecule has 5 aliphatic heterocycles. The summed E-state index contributed by atoms with van der Waals surface area (Å²) in [5.74, 6) is 0.147. The van der Waals surface area contributed by atoms with Gasteiger partial charge in [0.15, 0.2) is 6.10 Å². The van der Waals surface area contributed by atoms with E-state index in [4.69, 9.17) is 9.47 Å². The van der Waals surface area contributed by atoms with Gasteiger partial charge in [-0.2, -0.15) is 0 Å². The maximum absolute atomic E-state index is 14.4. The van der Waals surface area contributed by atoms with Crippen LogP contribution in [0.4, 0.5) is 5.69 Å². The van der Waals surface area contributed by atoms with Gasteiger partial charge in [0.2, 0.25) is 5.60 Å². The van der Waals surface area contributed by atoms with Crippen LogP contribution in [0, 0.1) is 11.3 Å². The summed E-state index contributed by atoms with van der Waals surface area (Å²) in [5, 5.41) is 17.4. The zero-order valence-electron chi connectivity index (χ0n) is 32.6. The van der Waals surface area contributed by atoms with Crippen molar-refractivity contribution in [2.45, 2.75) is 88.0 Å². The molecule has 9 atom stereocenters. The molecule has 286 valence electrons. The molecule has 1 saturated carbocycles. The predicted octanol–water partition coefficient (Wildman–Crippen LogP) is 5.04. The summed E-state index contributed by atoms with van der Waals surface area (Å²) in [6.07, 6.45) is 10.0. The molecule has 9 unspecified atom stereocenters. The van der Waals surface area contributed by atoms with Gasteiger partial charge < -0.3 is 29.8 Å². The Balaban J connectivity index is 1.30. The number of anilines is 1. The highest BCUT2D eigenvalue weighted by molar-refractivity contribution is 5.91. The molecule has 54 heavy (non-hydrogen) atoms. The number of carbonyl (C=O) groups is 2. The van der Waals surface area contributed by atoms with Crippen LogP contribution in [0.3, 0.4) is 0 Å². The van der Waals surface area contributed by atoms with Gasteiger partial charge in [-0.15, -0.1) is 0 Å². The normalized spacial score (nSPS) is 35.2. The summed E-state index contributed by atoms with van der Waals surface area (Å²) in [6.45, 7) is 10.4. The molecule has 1 amide bonds. The van der Waals surface area contributed by atoms with E-state index in [1.165, 1.54) is 29.1 Å². The van der Waals surface area contributed by atoms with Gasteiger partial charge in [-0.3, -0.25) is 19.4 Å². The zero-order valence-corrected chi connectivity index (χ0v) is 32.6. The van der Waals surface area contributed by atoms with Crippen LogP contribution in [-0.2, 0) is 26.2 Å². The molecule has 10 nitrogen and oxygen atoms in total. The number of para-hydroxylation sites is 1. The number of likely N-dealkylation sites (N-methyl/N-ethyl adjacent to an activating group) is 2. The number of nitrogens with one attached hydrogen (secondary N) is 2. The van der Waals surface area contributed by atoms with Crippen LogP contribution in [-0.4, -0.2) is 109 Å². The van der Waals surface area contributed by atoms with Crippen LogP contribution < -0.4 is 15.0 Å². The third-order valence-corrected chi connectivity index (χ3v) is 14.5. The van der Waals surface area contributed by atoms with Crippen molar-refractivity contribution < 1.29 is 24.2 Å². The number of aromatic amines is 1. The summed E-state index contributed by atoms with van der Waals surface area (Å²) >= 11 is 0. The van der Waals surface area contributed by atoms with Crippen LogP contribution in [0.2, 0.25) is 0 Å². The van der Waals surface area contributed by atoms with Crippen molar-refractivity contribution in [3.8, 4) is 5.75 Å². The Hall–Kier alpha value is -4.12. The number of nitrogens with zero attached hydrogens (tertiary/aromatic N) is 3. The Morgan fingerprint density at radius 1 is 1.13 bits per heavy atom. The molecule has 0 radical (unpaired) electrons. The van der Waals surface area contributed by atoms with Crippen molar-refractivity contribution in [1.29, 1.82) is 0 Å². The number of aromatic nitrogens is 1. The molecule has 10 heteroatoms. The Morgan fingerprint density at radius 2 is 1.94 bits per heavy atom. The van der Waals surface area contributed by atoms with Gasteiger partial charge in [0.1, 0.15) is 5.75 Å². The minimum atomic E-state index is -2.05. The van der Waals surface area contributed by atoms with E-state index in [-0.39, 0.29) is 12.0 Å². The highest BCUT2D eigenvalue weighted by Gasteiger charge is 2.79. The van der Waals surface area contributed by atoms with Gasteiger partial charge in [-0.25, -0.2) is 0 Å². The Morgan fingerprint density at radius 3 is 2.69 bits per heavy atom. The molecule has 1 saturated heterocycles. The van der Waals surface area contributed by atoms with Gasteiger partial charge in [0, 0.05) is 104 Å². The van der Waals surface area contributed by atoms with E-state index >= 15 is 0 Å². The first-order valence-electron chi connectivity index (χ1n) is 20.1. The lowest BCUT2D eigenvalue weighted by molar-refractivity contribution is -0.217. The minimum Gasteiger partial charge on any atom is -0.496 e. The topological polar surface area (TPSA) is 110 Å². The van der Waals surface area contributed by atoms with Crippen LogP contribution in [0.1, 0.15) is 74.8 Å². The zero-order chi connectivity index (χ0) is 37.7. The number of hydrogen-bond donors (Lipinski definition) is 3. The molecule has 3 N–H and O–H groups in total. The molecular formula is C44H55N5O5. The molecule has 1 spiro atoms.